The third kappa shape index (κ3) is 3.40. The molecule has 76 valence electrons. The van der Waals surface area contributed by atoms with Crippen molar-refractivity contribution in [3.8, 4) is 0 Å². The Morgan fingerprint density at radius 1 is 1.43 bits per heavy atom. The Balaban J connectivity index is 2.68. The minimum atomic E-state index is -0.0455. The molecule has 0 atom stereocenters. The number of benzene rings is 1. The van der Waals surface area contributed by atoms with Crippen LogP contribution in [0.2, 0.25) is 10.0 Å². The molecule has 14 heavy (non-hydrogen) atoms. The highest BCUT2D eigenvalue weighted by molar-refractivity contribution is 7.99. The fraction of sp³-hybridized carbons (Fsp3) is 0.222. The summed E-state index contributed by atoms with van der Waals surface area (Å²) in [7, 11) is 0. The molecule has 0 heterocycles. The molecule has 1 rings (SSSR count). The molecule has 0 radical (unpaired) electrons. The molecule has 2 nitrogen and oxygen atoms in total. The molecule has 0 spiro atoms. The molecule has 0 aliphatic rings. The summed E-state index contributed by atoms with van der Waals surface area (Å²) in [6, 6.07) is 4.99. The number of thioether (sulfide) groups is 1. The predicted octanol–water partition coefficient (Wildman–Crippen LogP) is 3.29. The summed E-state index contributed by atoms with van der Waals surface area (Å²) in [5.74, 6) is 0.385. The van der Waals surface area contributed by atoms with Crippen molar-refractivity contribution in [2.45, 2.75) is 0 Å². The van der Waals surface area contributed by atoms with Crippen molar-refractivity contribution in [3.05, 3.63) is 28.2 Å². The smallest absolute Gasteiger partial charge is 0.234 e. The molecule has 0 aliphatic heterocycles. The zero-order valence-corrected chi connectivity index (χ0v) is 9.84. The third-order valence-corrected chi connectivity index (χ3v) is 2.77. The third-order valence-electron chi connectivity index (χ3n) is 1.48. The average Bonchev–Trinajstić information content (AvgIpc) is 2.12. The van der Waals surface area contributed by atoms with E-state index in [1.54, 1.807) is 18.2 Å². The highest BCUT2D eigenvalue weighted by Gasteiger charge is 2.03. The number of nitrogens with one attached hydrogen (secondary N) is 1. The van der Waals surface area contributed by atoms with E-state index in [1.165, 1.54) is 11.8 Å². The van der Waals surface area contributed by atoms with Crippen LogP contribution in [0.15, 0.2) is 18.2 Å². The molecule has 5 heteroatoms. The van der Waals surface area contributed by atoms with E-state index in [4.69, 9.17) is 23.2 Å². The Kier molecular flexibility index (Phi) is 4.58. The fourth-order valence-corrected chi connectivity index (χ4v) is 1.53. The zero-order chi connectivity index (χ0) is 10.6. The van der Waals surface area contributed by atoms with Crippen molar-refractivity contribution in [3.63, 3.8) is 0 Å². The van der Waals surface area contributed by atoms with Crippen molar-refractivity contribution >= 4 is 46.6 Å². The van der Waals surface area contributed by atoms with Gasteiger partial charge in [-0.2, -0.15) is 11.8 Å². The zero-order valence-electron chi connectivity index (χ0n) is 7.51. The molecule has 0 unspecified atom stereocenters. The summed E-state index contributed by atoms with van der Waals surface area (Å²) >= 11 is 13.0. The van der Waals surface area contributed by atoms with Crippen LogP contribution in [0.25, 0.3) is 0 Å². The van der Waals surface area contributed by atoms with Crippen LogP contribution in [0, 0.1) is 0 Å². The van der Waals surface area contributed by atoms with Crippen molar-refractivity contribution < 1.29 is 4.79 Å². The first kappa shape index (κ1) is 11.7. The molecule has 0 saturated heterocycles. The van der Waals surface area contributed by atoms with Gasteiger partial charge in [0, 0.05) is 5.69 Å². The highest BCUT2D eigenvalue weighted by Crippen LogP contribution is 2.24. The molecular formula is C9H9Cl2NOS. The largest absolute Gasteiger partial charge is 0.325 e. The minimum absolute atomic E-state index is 0.0455. The van der Waals surface area contributed by atoms with Crippen LogP contribution in [0.1, 0.15) is 0 Å². The quantitative estimate of drug-likeness (QED) is 0.891. The van der Waals surface area contributed by atoms with E-state index in [1.807, 2.05) is 6.26 Å². The van der Waals surface area contributed by atoms with Gasteiger partial charge in [0.25, 0.3) is 0 Å². The van der Waals surface area contributed by atoms with Gasteiger partial charge in [0.1, 0.15) is 0 Å². The van der Waals surface area contributed by atoms with Gasteiger partial charge in [-0.05, 0) is 24.5 Å². The Morgan fingerprint density at radius 3 is 2.71 bits per heavy atom. The van der Waals surface area contributed by atoms with Gasteiger partial charge in [0.2, 0.25) is 5.91 Å². The molecule has 1 N–H and O–H groups in total. The summed E-state index contributed by atoms with van der Waals surface area (Å²) in [5.41, 5.74) is 0.665. The van der Waals surface area contributed by atoms with E-state index in [9.17, 15) is 4.79 Å². The van der Waals surface area contributed by atoms with Crippen LogP contribution in [0.5, 0.6) is 0 Å². The molecular weight excluding hydrogens is 241 g/mol. The maximum Gasteiger partial charge on any atom is 0.234 e. The Bertz CT molecular complexity index is 344. The maximum absolute atomic E-state index is 11.2. The van der Waals surface area contributed by atoms with E-state index in [2.05, 4.69) is 5.32 Å². The summed E-state index contributed by atoms with van der Waals surface area (Å²) in [4.78, 5) is 11.2. The molecule has 0 aliphatic carbocycles. The van der Waals surface area contributed by atoms with Gasteiger partial charge in [-0.1, -0.05) is 23.2 Å². The Hall–Kier alpha value is -0.380. The van der Waals surface area contributed by atoms with Gasteiger partial charge in [0.15, 0.2) is 0 Å². The number of rotatable bonds is 3. The van der Waals surface area contributed by atoms with Crippen molar-refractivity contribution in [1.82, 2.24) is 0 Å². The van der Waals surface area contributed by atoms with Gasteiger partial charge >= 0.3 is 0 Å². The second-order valence-corrected chi connectivity index (χ2v) is 4.29. The van der Waals surface area contributed by atoms with Crippen LogP contribution in [0.4, 0.5) is 5.69 Å². The van der Waals surface area contributed by atoms with E-state index < -0.39 is 0 Å². The number of anilines is 1. The summed E-state index contributed by atoms with van der Waals surface area (Å²) in [6.07, 6.45) is 1.87. The van der Waals surface area contributed by atoms with Crippen molar-refractivity contribution in [2.75, 3.05) is 17.3 Å². The molecule has 0 bridgehead atoms. The van der Waals surface area contributed by atoms with Crippen LogP contribution in [-0.4, -0.2) is 17.9 Å². The van der Waals surface area contributed by atoms with Crippen molar-refractivity contribution in [2.24, 2.45) is 0 Å². The van der Waals surface area contributed by atoms with E-state index >= 15 is 0 Å². The van der Waals surface area contributed by atoms with E-state index in [0.29, 0.717) is 21.5 Å². The SMILES string of the molecule is CSCC(=O)Nc1ccc(Cl)c(Cl)c1. The normalized spacial score (nSPS) is 9.93. The minimum Gasteiger partial charge on any atom is -0.325 e. The lowest BCUT2D eigenvalue weighted by atomic mass is 10.3. The monoisotopic (exact) mass is 249 g/mol. The van der Waals surface area contributed by atoms with Gasteiger partial charge < -0.3 is 5.32 Å². The van der Waals surface area contributed by atoms with Crippen LogP contribution in [0.3, 0.4) is 0 Å². The summed E-state index contributed by atoms with van der Waals surface area (Å²) in [5, 5.41) is 3.63. The first-order chi connectivity index (χ1) is 6.63. The van der Waals surface area contributed by atoms with Gasteiger partial charge in [-0.15, -0.1) is 0 Å². The maximum atomic E-state index is 11.2. The highest BCUT2D eigenvalue weighted by atomic mass is 35.5. The standard InChI is InChI=1S/C9H9Cl2NOS/c1-14-5-9(13)12-6-2-3-7(10)8(11)4-6/h2-4H,5H2,1H3,(H,12,13). The van der Waals surface area contributed by atoms with Crippen molar-refractivity contribution in [1.29, 1.82) is 0 Å². The molecule has 1 aromatic rings. The summed E-state index contributed by atoms with van der Waals surface area (Å²) < 4.78 is 0. The number of hydrogen-bond donors (Lipinski definition) is 1. The second-order valence-electron chi connectivity index (χ2n) is 2.61. The number of halogens is 2. The Labute approximate surface area is 97.0 Å². The lowest BCUT2D eigenvalue weighted by Gasteiger charge is -2.04. The van der Waals surface area contributed by atoms with Gasteiger partial charge in [0.05, 0.1) is 15.8 Å². The lowest BCUT2D eigenvalue weighted by molar-refractivity contribution is -0.113. The van der Waals surface area contributed by atoms with Crippen LogP contribution in [-0.2, 0) is 4.79 Å². The number of amides is 1. The molecule has 0 aromatic heterocycles. The van der Waals surface area contributed by atoms with Crippen LogP contribution < -0.4 is 5.32 Å². The average molecular weight is 250 g/mol. The number of hydrogen-bond acceptors (Lipinski definition) is 2. The molecule has 1 aromatic carbocycles. The Morgan fingerprint density at radius 2 is 2.14 bits per heavy atom. The number of carbonyl (C=O) groups is 1. The lowest BCUT2D eigenvalue weighted by Crippen LogP contribution is -2.13. The molecule has 0 saturated carbocycles. The van der Waals surface area contributed by atoms with Gasteiger partial charge in [-0.25, -0.2) is 0 Å². The fourth-order valence-electron chi connectivity index (χ4n) is 0.902. The first-order valence-corrected chi connectivity index (χ1v) is 6.02. The van der Waals surface area contributed by atoms with Gasteiger partial charge in [-0.3, -0.25) is 4.79 Å². The van der Waals surface area contributed by atoms with E-state index in [-0.39, 0.29) is 5.91 Å². The number of carbonyl (C=O) groups excluding carboxylic acids is 1. The van der Waals surface area contributed by atoms with Crippen LogP contribution >= 0.6 is 35.0 Å². The second kappa shape index (κ2) is 5.49. The van der Waals surface area contributed by atoms with E-state index in [0.717, 1.165) is 0 Å². The first-order valence-electron chi connectivity index (χ1n) is 3.87. The summed E-state index contributed by atoms with van der Waals surface area (Å²) in [6.45, 7) is 0. The molecule has 0 fully saturated rings. The topological polar surface area (TPSA) is 29.1 Å². The predicted molar refractivity (Wildman–Crippen MR) is 63.5 cm³/mol. The molecule has 1 amide bonds.